The number of aromatic nitrogens is 2. The van der Waals surface area contributed by atoms with Crippen molar-refractivity contribution in [2.45, 2.75) is 37.0 Å². The van der Waals surface area contributed by atoms with Crippen LogP contribution in [0.5, 0.6) is 0 Å². The predicted molar refractivity (Wildman–Crippen MR) is 212 cm³/mol. The minimum atomic E-state index is -1.72. The van der Waals surface area contributed by atoms with Crippen molar-refractivity contribution in [2.75, 3.05) is 0 Å². The van der Waals surface area contributed by atoms with Gasteiger partial charge in [-0.2, -0.15) is 0 Å². The van der Waals surface area contributed by atoms with Gasteiger partial charge in [0.2, 0.25) is 0 Å². The minimum absolute atomic E-state index is 0. The van der Waals surface area contributed by atoms with E-state index < -0.39 is 19.2 Å². The molecular formula is C46H40GeIrN2O-2. The molecule has 0 spiro atoms. The average Bonchev–Trinajstić information content (AvgIpc) is 3.54. The zero-order valence-corrected chi connectivity index (χ0v) is 34.0. The van der Waals surface area contributed by atoms with Gasteiger partial charge in [0.25, 0.3) is 0 Å². The van der Waals surface area contributed by atoms with Gasteiger partial charge in [0, 0.05) is 27.7 Å². The summed E-state index contributed by atoms with van der Waals surface area (Å²) in [6.07, 6.45) is 3.80. The minimum Gasteiger partial charge on any atom is 0 e. The molecular weight excluding hydrogens is 861 g/mol. The summed E-state index contributed by atoms with van der Waals surface area (Å²) in [5.41, 5.74) is 10.9. The maximum absolute atomic E-state index is 8.35. The normalized spacial score (nSPS) is 11.7. The molecule has 3 heterocycles. The second-order valence-electron chi connectivity index (χ2n) is 13.7. The summed E-state index contributed by atoms with van der Waals surface area (Å²) in [5, 5.41) is 2.12. The van der Waals surface area contributed by atoms with Crippen LogP contribution in [0.25, 0.3) is 66.7 Å². The van der Waals surface area contributed by atoms with Gasteiger partial charge in [0.05, 0.1) is 5.58 Å². The van der Waals surface area contributed by atoms with Gasteiger partial charge in [0.1, 0.15) is 5.58 Å². The zero-order valence-electron chi connectivity index (χ0n) is 30.5. The summed E-state index contributed by atoms with van der Waals surface area (Å²) < 4.78 is 16.0. The Bertz CT molecular complexity index is 2410. The van der Waals surface area contributed by atoms with Crippen molar-refractivity contribution in [2.24, 2.45) is 0 Å². The molecule has 0 atom stereocenters. The number of pyridine rings is 2. The molecule has 51 heavy (non-hydrogen) atoms. The molecule has 0 saturated carbocycles. The molecule has 0 unspecified atom stereocenters. The van der Waals surface area contributed by atoms with Crippen LogP contribution in [0.15, 0.2) is 150 Å². The van der Waals surface area contributed by atoms with Crippen LogP contribution in [-0.2, 0) is 20.1 Å². The van der Waals surface area contributed by atoms with Crippen molar-refractivity contribution in [3.8, 4) is 44.8 Å². The van der Waals surface area contributed by atoms with Crippen LogP contribution in [0.4, 0.5) is 0 Å². The Morgan fingerprint density at radius 3 is 2.12 bits per heavy atom. The third kappa shape index (κ3) is 8.15. The molecule has 0 bridgehead atoms. The number of hydrogen-bond donors (Lipinski definition) is 0. The van der Waals surface area contributed by atoms with Crippen molar-refractivity contribution in [3.63, 3.8) is 0 Å². The summed E-state index contributed by atoms with van der Waals surface area (Å²) in [6.45, 7) is 3.76. The van der Waals surface area contributed by atoms with Gasteiger partial charge in [-0.3, -0.25) is 0 Å². The summed E-state index contributed by atoms with van der Waals surface area (Å²) in [6, 6.07) is 52.2. The quantitative estimate of drug-likeness (QED) is 0.123. The molecule has 8 aromatic rings. The predicted octanol–water partition coefficient (Wildman–Crippen LogP) is 12.0. The van der Waals surface area contributed by atoms with Crippen molar-refractivity contribution >= 4 is 39.6 Å². The Kier molecular flexibility index (Phi) is 10.7. The van der Waals surface area contributed by atoms with E-state index in [2.05, 4.69) is 112 Å². The van der Waals surface area contributed by atoms with Crippen molar-refractivity contribution in [3.05, 3.63) is 164 Å². The number of furan rings is 1. The van der Waals surface area contributed by atoms with E-state index in [1.165, 1.54) is 15.5 Å². The van der Waals surface area contributed by atoms with Crippen molar-refractivity contribution < 1.29 is 25.9 Å². The fraction of sp³-hybridized carbons (Fsp3) is 0.130. The van der Waals surface area contributed by atoms with Crippen molar-refractivity contribution in [1.82, 2.24) is 9.97 Å². The summed E-state index contributed by atoms with van der Waals surface area (Å²) in [5.74, 6) is 6.45. The maximum Gasteiger partial charge on any atom is 0 e. The van der Waals surface area contributed by atoms with Crippen LogP contribution in [-0.4, -0.2) is 23.2 Å². The fourth-order valence-electron chi connectivity index (χ4n) is 6.06. The molecule has 0 N–H and O–H groups in total. The number of hydrogen-bond acceptors (Lipinski definition) is 3. The SMILES string of the molecule is [2H]C(C)(C)c1ccnc(-c2[c-]c3oc4cccc(-c5ccc(-c6ccccc6)cc5)c4c3cc2)c1.[CH3][Ge]([CH3])([CH3])[c]1ccc(-c2[c-]cccc2)nc1.[Ir]. The summed E-state index contributed by atoms with van der Waals surface area (Å²) in [4.78, 5) is 9.06. The van der Waals surface area contributed by atoms with E-state index in [0.29, 0.717) is 5.58 Å². The topological polar surface area (TPSA) is 38.9 Å². The molecule has 255 valence electrons. The largest absolute Gasteiger partial charge is 0 e. The maximum atomic E-state index is 8.35. The molecule has 0 fully saturated rings. The van der Waals surface area contributed by atoms with Gasteiger partial charge in [-0.15, -0.1) is 17.7 Å². The number of fused-ring (bicyclic) bond motifs is 3. The molecule has 1 radical (unpaired) electrons. The molecule has 0 aliphatic rings. The number of nitrogens with zero attached hydrogens (tertiary/aromatic N) is 2. The summed E-state index contributed by atoms with van der Waals surface area (Å²) >= 11 is -1.72. The van der Waals surface area contributed by atoms with Gasteiger partial charge in [-0.05, 0) is 51.4 Å². The van der Waals surface area contributed by atoms with Crippen LogP contribution in [0.1, 0.15) is 26.7 Å². The first kappa shape index (κ1) is 34.8. The molecule has 3 nitrogen and oxygen atoms in total. The van der Waals surface area contributed by atoms with Crippen LogP contribution < -0.4 is 4.40 Å². The van der Waals surface area contributed by atoms with Crippen LogP contribution >= 0.6 is 0 Å². The Labute approximate surface area is 318 Å². The molecule has 5 heteroatoms. The van der Waals surface area contributed by atoms with Gasteiger partial charge in [-0.1, -0.05) is 104 Å². The molecule has 5 aromatic carbocycles. The Morgan fingerprint density at radius 2 is 1.43 bits per heavy atom. The van der Waals surface area contributed by atoms with Crippen LogP contribution in [0.3, 0.4) is 0 Å². The van der Waals surface area contributed by atoms with Gasteiger partial charge >= 0.3 is 99.8 Å². The first-order valence-electron chi connectivity index (χ1n) is 17.5. The molecule has 0 amide bonds. The van der Waals surface area contributed by atoms with E-state index >= 15 is 0 Å². The van der Waals surface area contributed by atoms with Crippen molar-refractivity contribution in [1.29, 1.82) is 0 Å². The Hall–Kier alpha value is -4.61. The fourth-order valence-corrected chi connectivity index (χ4v) is 8.23. The van der Waals surface area contributed by atoms with E-state index in [-0.39, 0.29) is 20.1 Å². The van der Waals surface area contributed by atoms with E-state index in [0.717, 1.165) is 55.6 Å². The summed E-state index contributed by atoms with van der Waals surface area (Å²) in [7, 11) is 0. The van der Waals surface area contributed by atoms with Gasteiger partial charge in [0.15, 0.2) is 0 Å². The van der Waals surface area contributed by atoms with E-state index in [1.807, 2.05) is 80.7 Å². The molecule has 0 aliphatic carbocycles. The zero-order chi connectivity index (χ0) is 35.6. The monoisotopic (exact) mass is 904 g/mol. The van der Waals surface area contributed by atoms with E-state index in [1.54, 1.807) is 6.20 Å². The van der Waals surface area contributed by atoms with Crippen LogP contribution in [0.2, 0.25) is 17.3 Å². The Morgan fingerprint density at radius 1 is 0.686 bits per heavy atom. The van der Waals surface area contributed by atoms with E-state index in [9.17, 15) is 0 Å². The van der Waals surface area contributed by atoms with Gasteiger partial charge in [-0.25, -0.2) is 0 Å². The first-order valence-corrected chi connectivity index (χ1v) is 24.3. The van der Waals surface area contributed by atoms with E-state index in [4.69, 9.17) is 5.79 Å². The first-order chi connectivity index (χ1) is 24.5. The van der Waals surface area contributed by atoms with Crippen LogP contribution in [0, 0.1) is 12.1 Å². The second kappa shape index (κ2) is 15.7. The third-order valence-electron chi connectivity index (χ3n) is 8.95. The number of benzene rings is 5. The molecule has 0 aliphatic heterocycles. The molecule has 8 rings (SSSR count). The molecule has 3 aromatic heterocycles. The standard InChI is InChI=1S/C32H24NO.C14H16GeN.Ir/c1-21(2)25-17-18-33-29(19-25)26-15-16-28-31(20-26)34-30-10-6-9-27(32(28)30)24-13-11-23(12-14-24)22-7-4-3-5-8-22;1-15(2,3)13-9-10-14(16-11-13)12-7-5-4-6-8-12;/h3-19,21H,1-2H3;4-7,9-11H,1-3H3;/q2*-1;/i21D;;. The average molecular weight is 903 g/mol. The third-order valence-corrected chi connectivity index (χ3v) is 13.2. The number of rotatable bonds is 6. The van der Waals surface area contributed by atoms with Gasteiger partial charge < -0.3 is 9.40 Å². The molecule has 0 saturated heterocycles. The smallest absolute Gasteiger partial charge is 0 e. The second-order valence-corrected chi connectivity index (χ2v) is 24.4. The Balaban J connectivity index is 0.000000230.